The largest absolute Gasteiger partial charge is 0.491 e. The van der Waals surface area contributed by atoms with Gasteiger partial charge in [0.1, 0.15) is 5.75 Å². The third kappa shape index (κ3) is 1.97. The Kier molecular flexibility index (Phi) is 2.74. The number of carboxylic acid groups (broad SMARTS) is 1. The maximum absolute atomic E-state index is 11.4. The average molecular weight is 267 g/mol. The Labute approximate surface area is 111 Å². The van der Waals surface area contributed by atoms with E-state index in [0.29, 0.717) is 36.1 Å². The van der Waals surface area contributed by atoms with Crippen LogP contribution in [0.5, 0.6) is 5.75 Å². The van der Waals surface area contributed by atoms with Crippen molar-refractivity contribution in [2.24, 2.45) is 5.92 Å². The van der Waals surface area contributed by atoms with Gasteiger partial charge in [-0.05, 0) is 37.7 Å². The molecular formula is C14H15ClO3. The summed E-state index contributed by atoms with van der Waals surface area (Å²) in [5.41, 5.74) is -0.0211. The highest BCUT2D eigenvalue weighted by molar-refractivity contribution is 6.32. The number of rotatable bonds is 5. The lowest BCUT2D eigenvalue weighted by Crippen LogP contribution is -2.21. The number of carboxylic acids is 1. The van der Waals surface area contributed by atoms with Crippen LogP contribution in [0.2, 0.25) is 5.02 Å². The van der Waals surface area contributed by atoms with Crippen LogP contribution in [-0.4, -0.2) is 17.7 Å². The van der Waals surface area contributed by atoms with Crippen LogP contribution in [-0.2, 0) is 10.2 Å². The quantitative estimate of drug-likeness (QED) is 0.890. The molecule has 0 heterocycles. The van der Waals surface area contributed by atoms with E-state index in [0.717, 1.165) is 5.56 Å². The van der Waals surface area contributed by atoms with Crippen LogP contribution in [0.1, 0.15) is 31.2 Å². The number of carbonyl (C=O) groups is 1. The number of benzene rings is 1. The van der Waals surface area contributed by atoms with Gasteiger partial charge in [0.15, 0.2) is 0 Å². The minimum absolute atomic E-state index is 0.515. The molecule has 2 aliphatic rings. The van der Waals surface area contributed by atoms with Crippen molar-refractivity contribution in [3.8, 4) is 5.75 Å². The molecule has 4 heteroatoms. The van der Waals surface area contributed by atoms with Gasteiger partial charge in [-0.1, -0.05) is 23.7 Å². The van der Waals surface area contributed by atoms with E-state index in [4.69, 9.17) is 16.3 Å². The van der Waals surface area contributed by atoms with E-state index in [2.05, 4.69) is 0 Å². The second-order valence-electron chi connectivity index (χ2n) is 5.26. The first-order valence-electron chi connectivity index (χ1n) is 6.29. The molecule has 2 aliphatic carbocycles. The van der Waals surface area contributed by atoms with Gasteiger partial charge >= 0.3 is 5.97 Å². The summed E-state index contributed by atoms with van der Waals surface area (Å²) in [6.07, 6.45) is 3.73. The summed E-state index contributed by atoms with van der Waals surface area (Å²) in [7, 11) is 0. The molecule has 96 valence electrons. The maximum Gasteiger partial charge on any atom is 0.314 e. The average Bonchev–Trinajstić information content (AvgIpc) is 3.21. The topological polar surface area (TPSA) is 46.5 Å². The molecule has 0 bridgehead atoms. The van der Waals surface area contributed by atoms with Crippen LogP contribution in [0.4, 0.5) is 0 Å². The summed E-state index contributed by atoms with van der Waals surface area (Å²) in [6, 6.07) is 5.38. The lowest BCUT2D eigenvalue weighted by molar-refractivity contribution is -0.140. The Morgan fingerprint density at radius 2 is 2.17 bits per heavy atom. The van der Waals surface area contributed by atoms with Gasteiger partial charge in [0.25, 0.3) is 0 Å². The van der Waals surface area contributed by atoms with Crippen LogP contribution < -0.4 is 4.74 Å². The Balaban J connectivity index is 1.92. The van der Waals surface area contributed by atoms with Gasteiger partial charge in [-0.25, -0.2) is 0 Å². The van der Waals surface area contributed by atoms with Crippen molar-refractivity contribution in [3.05, 3.63) is 28.8 Å². The summed E-state index contributed by atoms with van der Waals surface area (Å²) in [4.78, 5) is 11.4. The zero-order chi connectivity index (χ0) is 12.8. The number of para-hydroxylation sites is 1. The lowest BCUT2D eigenvalue weighted by Gasteiger charge is -2.17. The molecule has 0 spiro atoms. The number of aliphatic carboxylic acids is 1. The molecule has 2 saturated carbocycles. The number of hydrogen-bond acceptors (Lipinski definition) is 2. The Morgan fingerprint density at radius 1 is 1.44 bits per heavy atom. The molecule has 3 nitrogen and oxygen atoms in total. The first-order valence-corrected chi connectivity index (χ1v) is 6.66. The molecule has 0 radical (unpaired) electrons. The normalized spacial score (nSPS) is 20.5. The standard InChI is InChI=1S/C14H15ClO3/c15-11-3-1-2-10(14(6-7-14)13(16)17)12(11)18-8-9-4-5-9/h1-3,9H,4-8H2,(H,16,17). The summed E-state index contributed by atoms with van der Waals surface area (Å²) < 4.78 is 5.77. The molecule has 0 aliphatic heterocycles. The maximum atomic E-state index is 11.4. The zero-order valence-corrected chi connectivity index (χ0v) is 10.7. The van der Waals surface area contributed by atoms with Crippen molar-refractivity contribution in [3.63, 3.8) is 0 Å². The first kappa shape index (κ1) is 11.8. The van der Waals surface area contributed by atoms with Crippen molar-refractivity contribution in [2.75, 3.05) is 6.61 Å². The van der Waals surface area contributed by atoms with Gasteiger partial charge in [-0.2, -0.15) is 0 Å². The van der Waals surface area contributed by atoms with E-state index in [1.807, 2.05) is 6.07 Å². The second-order valence-corrected chi connectivity index (χ2v) is 5.67. The van der Waals surface area contributed by atoms with E-state index in [-0.39, 0.29) is 0 Å². The van der Waals surface area contributed by atoms with Crippen LogP contribution in [0.3, 0.4) is 0 Å². The molecule has 1 N–H and O–H groups in total. The molecule has 0 saturated heterocycles. The van der Waals surface area contributed by atoms with E-state index in [1.54, 1.807) is 12.1 Å². The van der Waals surface area contributed by atoms with Gasteiger partial charge < -0.3 is 9.84 Å². The molecule has 0 aromatic heterocycles. The van der Waals surface area contributed by atoms with E-state index < -0.39 is 11.4 Å². The molecular weight excluding hydrogens is 252 g/mol. The number of halogens is 1. The van der Waals surface area contributed by atoms with Crippen molar-refractivity contribution in [2.45, 2.75) is 31.1 Å². The fourth-order valence-electron chi connectivity index (χ4n) is 2.24. The SMILES string of the molecule is O=C(O)C1(c2cccc(Cl)c2OCC2CC2)CC1. The van der Waals surface area contributed by atoms with E-state index >= 15 is 0 Å². The molecule has 3 rings (SSSR count). The van der Waals surface area contributed by atoms with Gasteiger partial charge in [-0.15, -0.1) is 0 Å². The second kappa shape index (κ2) is 4.16. The molecule has 0 unspecified atom stereocenters. The Hall–Kier alpha value is -1.22. The molecule has 1 aromatic carbocycles. The fraction of sp³-hybridized carbons (Fsp3) is 0.500. The van der Waals surface area contributed by atoms with Crippen molar-refractivity contribution >= 4 is 17.6 Å². The third-order valence-corrected chi connectivity index (χ3v) is 4.10. The van der Waals surface area contributed by atoms with E-state index in [1.165, 1.54) is 12.8 Å². The van der Waals surface area contributed by atoms with E-state index in [9.17, 15) is 9.90 Å². The van der Waals surface area contributed by atoms with Gasteiger partial charge in [0, 0.05) is 5.56 Å². The highest BCUT2D eigenvalue weighted by atomic mass is 35.5. The molecule has 1 aromatic rings. The van der Waals surface area contributed by atoms with Crippen LogP contribution in [0.15, 0.2) is 18.2 Å². The smallest absolute Gasteiger partial charge is 0.314 e. The van der Waals surface area contributed by atoms with Gasteiger partial charge in [0.05, 0.1) is 17.0 Å². The summed E-state index contributed by atoms with van der Waals surface area (Å²) in [6.45, 7) is 0.645. The van der Waals surface area contributed by atoms with Gasteiger partial charge in [0.2, 0.25) is 0 Å². The molecule has 18 heavy (non-hydrogen) atoms. The van der Waals surface area contributed by atoms with Crippen molar-refractivity contribution in [1.29, 1.82) is 0 Å². The highest BCUT2D eigenvalue weighted by Crippen LogP contribution is 2.53. The molecule has 0 atom stereocenters. The van der Waals surface area contributed by atoms with Gasteiger partial charge in [-0.3, -0.25) is 4.79 Å². The van der Waals surface area contributed by atoms with Crippen molar-refractivity contribution in [1.82, 2.24) is 0 Å². The van der Waals surface area contributed by atoms with Crippen LogP contribution in [0.25, 0.3) is 0 Å². The van der Waals surface area contributed by atoms with Crippen LogP contribution in [0, 0.1) is 5.92 Å². The highest BCUT2D eigenvalue weighted by Gasteiger charge is 2.53. The minimum atomic E-state index is -0.777. The number of hydrogen-bond donors (Lipinski definition) is 1. The molecule has 2 fully saturated rings. The monoisotopic (exact) mass is 266 g/mol. The third-order valence-electron chi connectivity index (χ3n) is 3.80. The Bertz CT molecular complexity index is 490. The van der Waals surface area contributed by atoms with Crippen LogP contribution >= 0.6 is 11.6 Å². The predicted molar refractivity (Wildman–Crippen MR) is 68.2 cm³/mol. The fourth-order valence-corrected chi connectivity index (χ4v) is 2.47. The lowest BCUT2D eigenvalue weighted by atomic mass is 9.95. The summed E-state index contributed by atoms with van der Waals surface area (Å²) in [5, 5.41) is 9.88. The number of ether oxygens (including phenoxy) is 1. The summed E-state index contributed by atoms with van der Waals surface area (Å²) in [5.74, 6) is 0.418. The Morgan fingerprint density at radius 3 is 2.72 bits per heavy atom. The zero-order valence-electron chi connectivity index (χ0n) is 9.99. The predicted octanol–water partition coefficient (Wildman–Crippen LogP) is 3.25. The summed E-state index contributed by atoms with van der Waals surface area (Å²) >= 11 is 6.15. The van der Waals surface area contributed by atoms with Crippen molar-refractivity contribution < 1.29 is 14.6 Å². The first-order chi connectivity index (χ1) is 8.63. The molecule has 0 amide bonds. The minimum Gasteiger partial charge on any atom is -0.491 e.